The first-order valence-corrected chi connectivity index (χ1v) is 47.2. The molecule has 4 aromatic heterocycles. The Kier molecular flexibility index (Phi) is 29.4. The summed E-state index contributed by atoms with van der Waals surface area (Å²) in [5.74, 6) is -13.2. The van der Waals surface area contributed by atoms with Crippen molar-refractivity contribution in [3.05, 3.63) is 197 Å². The number of rotatable bonds is 36. The van der Waals surface area contributed by atoms with Gasteiger partial charge in [0.05, 0.1) is 92.4 Å². The lowest BCUT2D eigenvalue weighted by Gasteiger charge is -2.43. The summed E-state index contributed by atoms with van der Waals surface area (Å²) in [5, 5.41) is 44.8. The van der Waals surface area contributed by atoms with Gasteiger partial charge in [0.25, 0.3) is 46.6 Å². The Labute approximate surface area is 812 Å². The normalized spacial score (nSPS) is 18.1. The van der Waals surface area contributed by atoms with Crippen LogP contribution in [0.5, 0.6) is 11.5 Å². The number of imide groups is 2. The molecule has 1 unspecified atom stereocenters. The SMILES string of the molecule is CC[C@@]1(O)C(=O)OCc2c1cc1n(c2=O)Cc2c-1nc1cc(F)c(OC)cc1c2CN1CCC(NCc2ccc(NC(=O)[C@H](C)NC(=O)CCCNC(=O)CN(C(=O)CN3C(=O)C=CC3=O)N(CC(=O)NCCCC(=O)NC(C)C(=O)Nc3ccc(C[N+](C)(C)C4CCN(Cc5c6c(nc7cc(F)c(OC)cc57)-c5cc7c(c(=O)n5C6)COC(=O)[C@]7(O)CC)CC4)cc3)C(=O)CN3C(=O)C=CC3=O)cc2)CC1. The van der Waals surface area contributed by atoms with Crippen molar-refractivity contribution in [2.24, 2.45) is 0 Å². The van der Waals surface area contributed by atoms with Gasteiger partial charge in [-0.3, -0.25) is 86.7 Å². The van der Waals surface area contributed by atoms with Crippen LogP contribution in [0.15, 0.2) is 119 Å². The molecule has 0 radical (unpaired) electrons. The number of halogens is 2. The number of aliphatic hydroxyl groups is 2. The van der Waals surface area contributed by atoms with Crippen LogP contribution in [0.1, 0.15) is 148 Å². The molecule has 9 N–H and O–H groups in total. The molecule has 142 heavy (non-hydrogen) atoms. The number of carbonyl (C=O) groups excluding carboxylic acids is 14. The van der Waals surface area contributed by atoms with Gasteiger partial charge in [-0.15, -0.1) is 0 Å². The molecule has 0 aliphatic carbocycles. The fourth-order valence-corrected chi connectivity index (χ4v) is 19.6. The first-order chi connectivity index (χ1) is 67.8. The summed E-state index contributed by atoms with van der Waals surface area (Å²) >= 11 is 0. The van der Waals surface area contributed by atoms with Gasteiger partial charge in [-0.25, -0.2) is 38.4 Å². The maximum absolute atomic E-state index is 15.4. The number of hydrogen-bond acceptors (Lipinski definition) is 27. The molecule has 12 heterocycles. The number of amides is 12. The average molecular weight is 1960 g/mol. The minimum atomic E-state index is -2.03. The lowest BCUT2D eigenvalue weighted by Crippen LogP contribution is -2.60. The van der Waals surface area contributed by atoms with Crippen LogP contribution in [0.4, 0.5) is 20.2 Å². The monoisotopic (exact) mass is 1950 g/mol. The van der Waals surface area contributed by atoms with Gasteiger partial charge >= 0.3 is 11.9 Å². The molecule has 40 nitrogen and oxygen atoms in total. The Hall–Kier alpha value is -14.7. The van der Waals surface area contributed by atoms with Crippen molar-refractivity contribution in [3.63, 3.8) is 0 Å². The van der Waals surface area contributed by atoms with Crippen LogP contribution < -0.4 is 57.8 Å². The Morgan fingerprint density at radius 3 is 1.32 bits per heavy atom. The van der Waals surface area contributed by atoms with E-state index in [4.69, 9.17) is 28.9 Å². The Bertz CT molecular complexity index is 6670. The third-order valence-corrected chi connectivity index (χ3v) is 27.9. The van der Waals surface area contributed by atoms with Gasteiger partial charge in [0.2, 0.25) is 35.4 Å². The number of pyridine rings is 4. The van der Waals surface area contributed by atoms with E-state index < -0.39 is 155 Å². The highest BCUT2D eigenvalue weighted by atomic mass is 19.1. The molecule has 12 amide bonds. The van der Waals surface area contributed by atoms with Crippen LogP contribution in [0, 0.1) is 11.6 Å². The average Bonchev–Trinajstić information content (AvgIpc) is 1.54. The topological polar surface area (TPSA) is 490 Å². The van der Waals surface area contributed by atoms with E-state index in [1.54, 1.807) is 71.5 Å². The van der Waals surface area contributed by atoms with E-state index in [9.17, 15) is 86.9 Å². The fourth-order valence-electron chi connectivity index (χ4n) is 19.6. The number of esters is 2. The summed E-state index contributed by atoms with van der Waals surface area (Å²) in [6.45, 7) is 6.11. The minimum absolute atomic E-state index is 0.0246. The quantitative estimate of drug-likeness (QED) is 0.00891. The third-order valence-electron chi connectivity index (χ3n) is 27.9. The van der Waals surface area contributed by atoms with Crippen molar-refractivity contribution in [2.75, 3.05) is 104 Å². The molecule has 42 heteroatoms. The molecule has 2 fully saturated rings. The predicted molar refractivity (Wildman–Crippen MR) is 506 cm³/mol. The molecule has 8 aliphatic heterocycles. The molecule has 0 saturated carbocycles. The van der Waals surface area contributed by atoms with Crippen LogP contribution in [0.2, 0.25) is 0 Å². The molecule has 746 valence electrons. The molecular formula is C100H111F2N18O22+. The van der Waals surface area contributed by atoms with E-state index in [2.05, 4.69) is 61.1 Å². The van der Waals surface area contributed by atoms with Crippen LogP contribution in [0.25, 0.3) is 44.6 Å². The number of likely N-dealkylation sites (tertiary alicyclic amines) is 2. The number of benzene rings is 4. The van der Waals surface area contributed by atoms with E-state index in [-0.39, 0.29) is 124 Å². The Morgan fingerprint density at radius 2 is 0.930 bits per heavy atom. The van der Waals surface area contributed by atoms with E-state index in [0.29, 0.717) is 133 Å². The summed E-state index contributed by atoms with van der Waals surface area (Å²) in [7, 11) is 7.09. The molecule has 16 rings (SSSR count). The highest BCUT2D eigenvalue weighted by Gasteiger charge is 2.49. The third kappa shape index (κ3) is 20.8. The van der Waals surface area contributed by atoms with Gasteiger partial charge in [-0.2, -0.15) is 0 Å². The summed E-state index contributed by atoms with van der Waals surface area (Å²) < 4.78 is 55.9. The van der Waals surface area contributed by atoms with Crippen LogP contribution in [-0.4, -0.2) is 264 Å². The number of ether oxygens (including phenoxy) is 4. The number of cyclic esters (lactones) is 2. The standard InChI is InChI=1S/C100H110F2N18O22/c1-9-99(137)71-39-77-91-67(46-114(77)95(133)69(71)53-141-97(99)135)65(63-37-79(139-7)73(101)41-75(63)110-91)44-112-33-27-59(28-34-112)105-43-57-15-19-60(20-16-57)108-93(131)55(3)106-81(121)13-11-31-103-83(123)48-118(89(129)50-116-85(125)23-24-86(116)126)119(90(130)51-117-87(127)25-26-88(117)128)49-84(124)104-32-12-14-82(122)107-56(4)94(132)109-61-21-17-58(18-22-61)52-120(5,6)62-29-35-113(36-30-62)45-66-64-38-80(140-8)74(102)42-76(64)111-92-68(66)47-115-78(92)40-72-70(96(115)134)54-142-98(136)100(72,138)10-2/h15-26,37-42,55-56,59,62,105,137-138H,9-14,27-36,43-54H2,1-8H3,(H5-,103,104,106,107,108,109,121,122,123,124,131,132)/p+1/t55-,56?,99-,100-/m0/s1. The molecule has 4 aromatic carbocycles. The number of aromatic nitrogens is 4. The Morgan fingerprint density at radius 1 is 0.535 bits per heavy atom. The van der Waals surface area contributed by atoms with Crippen molar-refractivity contribution in [2.45, 2.75) is 180 Å². The van der Waals surface area contributed by atoms with E-state index in [1.165, 1.54) is 40.2 Å². The van der Waals surface area contributed by atoms with Crippen LogP contribution in [-0.2, 0) is 140 Å². The van der Waals surface area contributed by atoms with Gasteiger partial charge in [-0.05, 0) is 131 Å². The van der Waals surface area contributed by atoms with Crippen molar-refractivity contribution in [1.29, 1.82) is 0 Å². The number of nitrogens with zero attached hydrogens (tertiary/aromatic N) is 11. The van der Waals surface area contributed by atoms with Gasteiger partial charge in [0, 0.05) is 164 Å². The zero-order valence-corrected chi connectivity index (χ0v) is 79.7. The van der Waals surface area contributed by atoms with Gasteiger partial charge in [-0.1, -0.05) is 38.1 Å². The maximum Gasteiger partial charge on any atom is 0.343 e. The highest BCUT2D eigenvalue weighted by Crippen LogP contribution is 2.45. The Balaban J connectivity index is 0.467. The summed E-state index contributed by atoms with van der Waals surface area (Å²) in [5.41, 5.74) is 4.36. The van der Waals surface area contributed by atoms with E-state index >= 15 is 8.78 Å². The number of fused-ring (bicyclic) bond motifs is 10. The zero-order chi connectivity index (χ0) is 101. The molecular weight excluding hydrogens is 1840 g/mol. The molecule has 2 saturated heterocycles. The van der Waals surface area contributed by atoms with Gasteiger partial charge in [0.15, 0.2) is 34.3 Å². The number of hydrogen-bond donors (Lipinski definition) is 9. The number of methoxy groups -OCH3 is 2. The van der Waals surface area contributed by atoms with Crippen molar-refractivity contribution < 1.29 is 110 Å². The number of carbonyl (C=O) groups is 14. The second kappa shape index (κ2) is 41.6. The van der Waals surface area contributed by atoms with Gasteiger partial charge in [0.1, 0.15) is 58.0 Å². The number of nitrogens with one attached hydrogen (secondary N) is 7. The fraction of sp³-hybridized carbons (Fsp3) is 0.420. The molecule has 4 atom stereocenters. The minimum Gasteiger partial charge on any atom is -0.494 e. The molecule has 8 aliphatic rings. The molecule has 0 bridgehead atoms. The zero-order valence-electron chi connectivity index (χ0n) is 79.7. The lowest BCUT2D eigenvalue weighted by atomic mass is 9.86. The summed E-state index contributed by atoms with van der Waals surface area (Å²) in [6, 6.07) is 21.9. The summed E-state index contributed by atoms with van der Waals surface area (Å²) in [6.07, 6.45) is 6.15. The highest BCUT2D eigenvalue weighted by molar-refractivity contribution is 6.16. The van der Waals surface area contributed by atoms with Crippen LogP contribution >= 0.6 is 0 Å². The van der Waals surface area contributed by atoms with Crippen LogP contribution in [0.3, 0.4) is 0 Å². The largest absolute Gasteiger partial charge is 0.494 e. The van der Waals surface area contributed by atoms with Gasteiger partial charge < -0.3 is 80.0 Å². The molecule has 0 spiro atoms. The van der Waals surface area contributed by atoms with E-state index in [0.717, 1.165) is 83.4 Å². The lowest BCUT2D eigenvalue weighted by molar-refractivity contribution is -0.929. The van der Waals surface area contributed by atoms with Crippen molar-refractivity contribution in [3.8, 4) is 34.3 Å². The summed E-state index contributed by atoms with van der Waals surface area (Å²) in [4.78, 5) is 230. The van der Waals surface area contributed by atoms with E-state index in [1.807, 2.05) is 24.3 Å². The number of hydrazine groups is 1. The number of anilines is 2. The van der Waals surface area contributed by atoms with Crippen molar-refractivity contribution >= 4 is 116 Å². The first-order valence-electron chi connectivity index (χ1n) is 47.2. The first kappa shape index (κ1) is 100. The number of quaternary nitrogens is 1. The van der Waals surface area contributed by atoms with Crippen molar-refractivity contribution in [1.82, 2.24) is 75.3 Å². The predicted octanol–water partition coefficient (Wildman–Crippen LogP) is 3.56. The second-order valence-corrected chi connectivity index (χ2v) is 37.4. The number of piperidine rings is 2. The smallest absolute Gasteiger partial charge is 0.343 e. The molecule has 8 aromatic rings. The maximum atomic E-state index is 15.4. The second-order valence-electron chi connectivity index (χ2n) is 37.4.